The minimum atomic E-state index is -3.02. The van der Waals surface area contributed by atoms with Gasteiger partial charge >= 0.3 is 6.09 Å². The van der Waals surface area contributed by atoms with Crippen molar-refractivity contribution in [1.82, 2.24) is 4.90 Å². The van der Waals surface area contributed by atoms with Crippen LogP contribution >= 0.6 is 0 Å². The highest BCUT2D eigenvalue weighted by Gasteiger charge is 2.38. The number of carbonyl (C=O) groups is 1. The second-order valence-corrected chi connectivity index (χ2v) is 6.76. The Morgan fingerprint density at radius 3 is 2.83 bits per heavy atom. The molecule has 0 bridgehead atoms. The molecule has 0 aromatic heterocycles. The Hall–Kier alpha value is -1.11. The number of rotatable bonds is 2. The summed E-state index contributed by atoms with van der Waals surface area (Å²) in [7, 11) is -3.02. The van der Waals surface area contributed by atoms with E-state index in [1.165, 1.54) is 4.90 Å². The molecule has 0 aromatic carbocycles. The van der Waals surface area contributed by atoms with Crippen LogP contribution in [0.5, 0.6) is 0 Å². The topological polar surface area (TPSA) is 76.0 Å². The predicted octanol–water partition coefficient (Wildman–Crippen LogP) is 0.824. The van der Waals surface area contributed by atoms with Crippen LogP contribution in [-0.2, 0) is 14.6 Å². The summed E-state index contributed by atoms with van der Waals surface area (Å²) in [6.45, 7) is 2.71. The number of amides is 1. The van der Waals surface area contributed by atoms with Gasteiger partial charge in [-0.3, -0.25) is 9.89 Å². The van der Waals surface area contributed by atoms with Crippen LogP contribution in [0.25, 0.3) is 0 Å². The molecular weight excluding hydrogens is 256 g/mol. The molecule has 0 N–H and O–H groups in total. The van der Waals surface area contributed by atoms with Gasteiger partial charge in [0.25, 0.3) is 0 Å². The largest absolute Gasteiger partial charge is 0.449 e. The molecule has 6 nitrogen and oxygen atoms in total. The first kappa shape index (κ1) is 13.3. The fourth-order valence-electron chi connectivity index (χ4n) is 2.36. The van der Waals surface area contributed by atoms with Crippen molar-refractivity contribution in [3.8, 4) is 0 Å². The minimum absolute atomic E-state index is 0.0187. The molecule has 0 saturated carbocycles. The second kappa shape index (κ2) is 5.26. The molecule has 1 unspecified atom stereocenters. The number of carbonyl (C=O) groups excluding carboxylic acids is 1. The van der Waals surface area contributed by atoms with Crippen molar-refractivity contribution in [2.24, 2.45) is 4.99 Å². The number of ether oxygens (including phenoxy) is 1. The lowest BCUT2D eigenvalue weighted by Crippen LogP contribution is -2.45. The Labute approximate surface area is 107 Å². The van der Waals surface area contributed by atoms with E-state index in [0.717, 1.165) is 12.8 Å². The maximum atomic E-state index is 12.0. The fraction of sp³-hybridized carbons (Fsp3) is 0.818. The third-order valence-corrected chi connectivity index (χ3v) is 4.92. The van der Waals surface area contributed by atoms with Gasteiger partial charge in [0.1, 0.15) is 5.84 Å². The average Bonchev–Trinajstić information content (AvgIpc) is 2.90. The van der Waals surface area contributed by atoms with E-state index in [2.05, 4.69) is 4.99 Å². The van der Waals surface area contributed by atoms with Gasteiger partial charge in [0.15, 0.2) is 9.84 Å². The van der Waals surface area contributed by atoms with Gasteiger partial charge in [-0.25, -0.2) is 13.2 Å². The number of hydrogen-bond acceptors (Lipinski definition) is 5. The lowest BCUT2D eigenvalue weighted by Gasteiger charge is -2.26. The first-order valence-electron chi connectivity index (χ1n) is 6.23. The van der Waals surface area contributed by atoms with E-state index < -0.39 is 15.9 Å². The summed E-state index contributed by atoms with van der Waals surface area (Å²) >= 11 is 0. The zero-order chi connectivity index (χ0) is 13.2. The summed E-state index contributed by atoms with van der Waals surface area (Å²) in [6, 6.07) is -0.314. The Morgan fingerprint density at radius 1 is 1.56 bits per heavy atom. The Bertz CT molecular complexity index is 458. The third-order valence-electron chi connectivity index (χ3n) is 3.17. The molecule has 102 valence electrons. The van der Waals surface area contributed by atoms with Crippen LogP contribution in [0.1, 0.15) is 26.2 Å². The average molecular weight is 274 g/mol. The van der Waals surface area contributed by atoms with Crippen molar-refractivity contribution in [2.75, 3.05) is 24.7 Å². The van der Waals surface area contributed by atoms with E-state index in [4.69, 9.17) is 4.74 Å². The molecule has 2 aliphatic heterocycles. The molecule has 2 aliphatic rings. The van der Waals surface area contributed by atoms with Gasteiger partial charge in [-0.1, -0.05) is 0 Å². The highest BCUT2D eigenvalue weighted by atomic mass is 32.2. The summed E-state index contributed by atoms with van der Waals surface area (Å²) < 4.78 is 28.1. The summed E-state index contributed by atoms with van der Waals surface area (Å²) in [6.07, 6.45) is 1.63. The highest BCUT2D eigenvalue weighted by molar-refractivity contribution is 7.91. The maximum Gasteiger partial charge on any atom is 0.415 e. The summed E-state index contributed by atoms with van der Waals surface area (Å²) in [5, 5.41) is 0. The normalized spacial score (nSPS) is 25.8. The number of amidine groups is 1. The van der Waals surface area contributed by atoms with Crippen molar-refractivity contribution in [3.63, 3.8) is 0 Å². The van der Waals surface area contributed by atoms with Crippen molar-refractivity contribution in [2.45, 2.75) is 32.2 Å². The molecule has 1 fully saturated rings. The third kappa shape index (κ3) is 2.82. The van der Waals surface area contributed by atoms with E-state index in [1.54, 1.807) is 6.92 Å². The van der Waals surface area contributed by atoms with Gasteiger partial charge in [-0.15, -0.1) is 0 Å². The van der Waals surface area contributed by atoms with Gasteiger partial charge in [0, 0.05) is 13.0 Å². The summed E-state index contributed by atoms with van der Waals surface area (Å²) in [5.74, 6) is 0.835. The van der Waals surface area contributed by atoms with Crippen LogP contribution < -0.4 is 0 Å². The number of nitrogens with zero attached hydrogens (tertiary/aromatic N) is 2. The molecule has 2 rings (SSSR count). The van der Waals surface area contributed by atoms with Crippen molar-refractivity contribution < 1.29 is 17.9 Å². The van der Waals surface area contributed by atoms with Crippen LogP contribution in [0.3, 0.4) is 0 Å². The molecule has 1 saturated heterocycles. The first-order valence-corrected chi connectivity index (χ1v) is 8.05. The molecule has 2 heterocycles. The zero-order valence-corrected chi connectivity index (χ0v) is 11.3. The molecule has 0 aliphatic carbocycles. The Kier molecular flexibility index (Phi) is 3.89. The van der Waals surface area contributed by atoms with Crippen molar-refractivity contribution in [3.05, 3.63) is 0 Å². The molecule has 7 heteroatoms. The molecule has 18 heavy (non-hydrogen) atoms. The monoisotopic (exact) mass is 274 g/mol. The molecule has 0 aromatic rings. The molecule has 0 spiro atoms. The lowest BCUT2D eigenvalue weighted by atomic mass is 10.2. The zero-order valence-electron chi connectivity index (χ0n) is 10.5. The SMILES string of the molecule is CCOC(=O)N(C1=NCCC1)C1CCS(=O)(=O)C1. The van der Waals surface area contributed by atoms with Gasteiger partial charge in [-0.2, -0.15) is 0 Å². The predicted molar refractivity (Wildman–Crippen MR) is 67.5 cm³/mol. The van der Waals surface area contributed by atoms with Crippen LogP contribution in [-0.4, -0.2) is 55.9 Å². The highest BCUT2D eigenvalue weighted by Crippen LogP contribution is 2.22. The minimum Gasteiger partial charge on any atom is -0.449 e. The van der Waals surface area contributed by atoms with Crippen LogP contribution in [0, 0.1) is 0 Å². The smallest absolute Gasteiger partial charge is 0.415 e. The standard InChI is InChI=1S/C11H18N2O4S/c1-2-17-11(14)13(10-4-3-6-12-10)9-5-7-18(15,16)8-9/h9H,2-8H2,1H3. The molecule has 1 atom stereocenters. The Balaban J connectivity index is 2.17. The molecule has 0 radical (unpaired) electrons. The van der Waals surface area contributed by atoms with Crippen molar-refractivity contribution >= 4 is 21.8 Å². The lowest BCUT2D eigenvalue weighted by molar-refractivity contribution is 0.119. The Morgan fingerprint density at radius 2 is 2.33 bits per heavy atom. The van der Waals surface area contributed by atoms with Crippen LogP contribution in [0.4, 0.5) is 4.79 Å². The van der Waals surface area contributed by atoms with E-state index >= 15 is 0 Å². The fourth-order valence-corrected chi connectivity index (χ4v) is 4.06. The molecular formula is C11H18N2O4S. The second-order valence-electron chi connectivity index (χ2n) is 4.53. The van der Waals surface area contributed by atoms with Gasteiger partial charge in [-0.05, 0) is 19.8 Å². The van der Waals surface area contributed by atoms with E-state index in [9.17, 15) is 13.2 Å². The number of aliphatic imine (C=N–C) groups is 1. The quantitative estimate of drug-likeness (QED) is 0.747. The first-order chi connectivity index (χ1) is 8.53. The maximum absolute atomic E-state index is 12.0. The number of hydrogen-bond donors (Lipinski definition) is 0. The van der Waals surface area contributed by atoms with Crippen LogP contribution in [0.2, 0.25) is 0 Å². The van der Waals surface area contributed by atoms with E-state index in [-0.39, 0.29) is 24.2 Å². The van der Waals surface area contributed by atoms with Gasteiger partial charge < -0.3 is 4.74 Å². The van der Waals surface area contributed by atoms with Gasteiger partial charge in [0.2, 0.25) is 0 Å². The van der Waals surface area contributed by atoms with Crippen molar-refractivity contribution in [1.29, 1.82) is 0 Å². The molecule has 1 amide bonds. The van der Waals surface area contributed by atoms with Crippen LogP contribution in [0.15, 0.2) is 4.99 Å². The van der Waals surface area contributed by atoms with E-state index in [1.807, 2.05) is 0 Å². The van der Waals surface area contributed by atoms with E-state index in [0.29, 0.717) is 18.8 Å². The number of sulfone groups is 1. The van der Waals surface area contributed by atoms with Gasteiger partial charge in [0.05, 0.1) is 24.2 Å². The summed E-state index contributed by atoms with van der Waals surface area (Å²) in [5.41, 5.74) is 0. The summed E-state index contributed by atoms with van der Waals surface area (Å²) in [4.78, 5) is 17.7.